The summed E-state index contributed by atoms with van der Waals surface area (Å²) in [6, 6.07) is 5.60. The summed E-state index contributed by atoms with van der Waals surface area (Å²) in [7, 11) is 0. The molecule has 0 spiro atoms. The number of nitrogens with zero attached hydrogens (tertiary/aromatic N) is 1. The SMILES string of the molecule is CC(C)(C)OC(=O)CSc1nc2ccc(N)cc2s1. The first-order valence-corrected chi connectivity index (χ1v) is 7.64. The fraction of sp³-hybridized carbons (Fsp3) is 0.385. The Bertz CT molecular complexity index is 602. The number of anilines is 1. The highest BCUT2D eigenvalue weighted by molar-refractivity contribution is 8.01. The molecule has 6 heteroatoms. The molecule has 0 atom stereocenters. The van der Waals surface area contributed by atoms with Crippen molar-refractivity contribution in [3.63, 3.8) is 0 Å². The van der Waals surface area contributed by atoms with Gasteiger partial charge in [-0.15, -0.1) is 11.3 Å². The molecule has 0 aliphatic heterocycles. The molecule has 2 aromatic rings. The molecule has 19 heavy (non-hydrogen) atoms. The first-order valence-electron chi connectivity index (χ1n) is 5.84. The second-order valence-corrected chi connectivity index (χ2v) is 7.34. The van der Waals surface area contributed by atoms with Gasteiger partial charge in [0.25, 0.3) is 0 Å². The fourth-order valence-corrected chi connectivity index (χ4v) is 3.36. The van der Waals surface area contributed by atoms with Crippen LogP contribution in [0.5, 0.6) is 0 Å². The molecule has 0 radical (unpaired) electrons. The molecule has 102 valence electrons. The Hall–Kier alpha value is -1.27. The van der Waals surface area contributed by atoms with Crippen LogP contribution < -0.4 is 5.73 Å². The van der Waals surface area contributed by atoms with Crippen LogP contribution in [0.4, 0.5) is 5.69 Å². The highest BCUT2D eigenvalue weighted by atomic mass is 32.2. The van der Waals surface area contributed by atoms with Gasteiger partial charge in [-0.2, -0.15) is 0 Å². The predicted molar refractivity (Wildman–Crippen MR) is 80.6 cm³/mol. The first kappa shape index (κ1) is 14.1. The Morgan fingerprint density at radius 3 is 2.89 bits per heavy atom. The van der Waals surface area contributed by atoms with Crippen molar-refractivity contribution in [1.82, 2.24) is 4.98 Å². The largest absolute Gasteiger partial charge is 0.459 e. The van der Waals surface area contributed by atoms with E-state index in [4.69, 9.17) is 10.5 Å². The lowest BCUT2D eigenvalue weighted by Crippen LogP contribution is -2.24. The molecule has 0 saturated heterocycles. The quantitative estimate of drug-likeness (QED) is 0.535. The fourth-order valence-electron chi connectivity index (χ4n) is 1.47. The molecular weight excluding hydrogens is 280 g/mol. The van der Waals surface area contributed by atoms with Crippen LogP contribution in [-0.2, 0) is 9.53 Å². The van der Waals surface area contributed by atoms with E-state index in [0.717, 1.165) is 20.2 Å². The van der Waals surface area contributed by atoms with E-state index < -0.39 is 5.60 Å². The molecule has 0 bridgehead atoms. The Morgan fingerprint density at radius 2 is 2.21 bits per heavy atom. The number of nitrogens with two attached hydrogens (primary N) is 1. The second-order valence-electron chi connectivity index (χ2n) is 5.08. The zero-order valence-electron chi connectivity index (χ0n) is 11.1. The molecule has 4 nitrogen and oxygen atoms in total. The van der Waals surface area contributed by atoms with Crippen molar-refractivity contribution in [2.45, 2.75) is 30.7 Å². The minimum atomic E-state index is -0.445. The Labute approximate surface area is 120 Å². The maximum Gasteiger partial charge on any atom is 0.316 e. The van der Waals surface area contributed by atoms with Gasteiger partial charge in [0, 0.05) is 5.69 Å². The Kier molecular flexibility index (Phi) is 4.01. The number of rotatable bonds is 3. The van der Waals surface area contributed by atoms with Crippen molar-refractivity contribution in [3.05, 3.63) is 18.2 Å². The summed E-state index contributed by atoms with van der Waals surface area (Å²) < 4.78 is 7.14. The smallest absolute Gasteiger partial charge is 0.316 e. The van der Waals surface area contributed by atoms with Gasteiger partial charge in [-0.1, -0.05) is 11.8 Å². The van der Waals surface area contributed by atoms with Gasteiger partial charge < -0.3 is 10.5 Å². The van der Waals surface area contributed by atoms with Crippen molar-refractivity contribution in [3.8, 4) is 0 Å². The van der Waals surface area contributed by atoms with Crippen LogP contribution in [0.2, 0.25) is 0 Å². The normalized spacial score (nSPS) is 11.7. The molecule has 0 aliphatic carbocycles. The van der Waals surface area contributed by atoms with Gasteiger partial charge in [0.1, 0.15) is 5.60 Å². The van der Waals surface area contributed by atoms with E-state index in [1.165, 1.54) is 23.1 Å². The van der Waals surface area contributed by atoms with Crippen molar-refractivity contribution in [1.29, 1.82) is 0 Å². The van der Waals surface area contributed by atoms with Gasteiger partial charge in [0.2, 0.25) is 0 Å². The molecule has 0 saturated carbocycles. The molecule has 1 aromatic carbocycles. The lowest BCUT2D eigenvalue weighted by molar-refractivity contribution is -0.151. The molecular formula is C13H16N2O2S2. The zero-order valence-corrected chi connectivity index (χ0v) is 12.7. The summed E-state index contributed by atoms with van der Waals surface area (Å²) in [4.78, 5) is 16.1. The van der Waals surface area contributed by atoms with Crippen LogP contribution in [0.15, 0.2) is 22.5 Å². The number of nitrogen functional groups attached to an aromatic ring is 1. The highest BCUT2D eigenvalue weighted by Gasteiger charge is 2.17. The van der Waals surface area contributed by atoms with Crippen molar-refractivity contribution < 1.29 is 9.53 Å². The van der Waals surface area contributed by atoms with Gasteiger partial charge in [-0.25, -0.2) is 4.98 Å². The molecule has 0 aliphatic rings. The number of hydrogen-bond acceptors (Lipinski definition) is 6. The Balaban J connectivity index is 2.00. The van der Waals surface area contributed by atoms with Gasteiger partial charge in [0.15, 0.2) is 4.34 Å². The summed E-state index contributed by atoms with van der Waals surface area (Å²) in [5.74, 6) is 0.0447. The van der Waals surface area contributed by atoms with E-state index in [0.29, 0.717) is 0 Å². The predicted octanol–water partition coefficient (Wildman–Crippen LogP) is 3.31. The number of ether oxygens (including phenoxy) is 1. The molecule has 2 N–H and O–H groups in total. The summed E-state index contributed by atoms with van der Waals surface area (Å²) >= 11 is 2.93. The number of esters is 1. The standard InChI is InChI=1S/C13H16N2O2S2/c1-13(2,3)17-11(16)7-18-12-15-9-5-4-8(14)6-10(9)19-12/h4-6H,7,14H2,1-3H3. The van der Waals surface area contributed by atoms with Crippen molar-refractivity contribution in [2.75, 3.05) is 11.5 Å². The van der Waals surface area contributed by atoms with E-state index in [1.54, 1.807) is 0 Å². The molecule has 0 fully saturated rings. The lowest BCUT2D eigenvalue weighted by Gasteiger charge is -2.18. The Morgan fingerprint density at radius 1 is 1.47 bits per heavy atom. The minimum Gasteiger partial charge on any atom is -0.459 e. The third kappa shape index (κ3) is 4.11. The van der Waals surface area contributed by atoms with Crippen LogP contribution in [0.1, 0.15) is 20.8 Å². The minimum absolute atomic E-state index is 0.226. The molecule has 0 amide bonds. The van der Waals surface area contributed by atoms with E-state index in [2.05, 4.69) is 4.98 Å². The zero-order chi connectivity index (χ0) is 14.0. The number of hydrogen-bond donors (Lipinski definition) is 1. The van der Waals surface area contributed by atoms with E-state index in [9.17, 15) is 4.79 Å². The monoisotopic (exact) mass is 296 g/mol. The molecule has 1 heterocycles. The average Bonchev–Trinajstić information content (AvgIpc) is 2.66. The maximum atomic E-state index is 11.6. The van der Waals surface area contributed by atoms with E-state index in [1.807, 2.05) is 39.0 Å². The maximum absolute atomic E-state index is 11.6. The first-order chi connectivity index (χ1) is 8.83. The third-order valence-corrected chi connectivity index (χ3v) is 4.26. The molecule has 1 aromatic heterocycles. The topological polar surface area (TPSA) is 65.2 Å². The van der Waals surface area contributed by atoms with Crippen molar-refractivity contribution >= 4 is 45.0 Å². The summed E-state index contributed by atoms with van der Waals surface area (Å²) in [5, 5.41) is 0. The van der Waals surface area contributed by atoms with Gasteiger partial charge >= 0.3 is 5.97 Å². The summed E-state index contributed by atoms with van der Waals surface area (Å²) in [6.07, 6.45) is 0. The number of aromatic nitrogens is 1. The number of carbonyl (C=O) groups is 1. The number of benzene rings is 1. The van der Waals surface area contributed by atoms with Crippen LogP contribution in [0.3, 0.4) is 0 Å². The average molecular weight is 296 g/mol. The molecule has 2 rings (SSSR count). The van der Waals surface area contributed by atoms with Gasteiger partial charge in [-0.3, -0.25) is 4.79 Å². The van der Waals surface area contributed by atoms with Gasteiger partial charge in [-0.05, 0) is 39.0 Å². The molecule has 0 unspecified atom stereocenters. The van der Waals surface area contributed by atoms with E-state index in [-0.39, 0.29) is 11.7 Å². The van der Waals surface area contributed by atoms with Gasteiger partial charge in [0.05, 0.1) is 16.0 Å². The van der Waals surface area contributed by atoms with E-state index >= 15 is 0 Å². The van der Waals surface area contributed by atoms with Crippen molar-refractivity contribution in [2.24, 2.45) is 0 Å². The second kappa shape index (κ2) is 5.38. The summed E-state index contributed by atoms with van der Waals surface area (Å²) in [6.45, 7) is 5.57. The highest BCUT2D eigenvalue weighted by Crippen LogP contribution is 2.30. The summed E-state index contributed by atoms with van der Waals surface area (Å²) in [5.41, 5.74) is 6.91. The number of carbonyl (C=O) groups excluding carboxylic acids is 1. The van der Waals surface area contributed by atoms with Crippen LogP contribution >= 0.6 is 23.1 Å². The third-order valence-electron chi connectivity index (χ3n) is 2.13. The number of fused-ring (bicyclic) bond motifs is 1. The number of thiazole rings is 1. The van der Waals surface area contributed by atoms with Crippen LogP contribution in [0.25, 0.3) is 10.2 Å². The number of thioether (sulfide) groups is 1. The van der Waals surface area contributed by atoms with Crippen LogP contribution in [0, 0.1) is 0 Å². The van der Waals surface area contributed by atoms with Crippen LogP contribution in [-0.4, -0.2) is 22.3 Å². The lowest BCUT2D eigenvalue weighted by atomic mass is 10.2.